The van der Waals surface area contributed by atoms with Gasteiger partial charge in [0.05, 0.1) is 5.41 Å². The van der Waals surface area contributed by atoms with Crippen LogP contribution >= 0.6 is 0 Å². The molecule has 2 unspecified atom stereocenters. The van der Waals surface area contributed by atoms with E-state index < -0.39 is 29.2 Å². The maximum atomic E-state index is 13.4. The van der Waals surface area contributed by atoms with E-state index in [-0.39, 0.29) is 12.3 Å². The van der Waals surface area contributed by atoms with Gasteiger partial charge in [-0.2, -0.15) is 0 Å². The first-order valence-electron chi connectivity index (χ1n) is 6.72. The summed E-state index contributed by atoms with van der Waals surface area (Å²) in [6, 6.07) is 5.78. The van der Waals surface area contributed by atoms with E-state index in [0.717, 1.165) is 0 Å². The normalized spacial score (nSPS) is 14.9. The van der Waals surface area contributed by atoms with Gasteiger partial charge in [-0.3, -0.25) is 9.59 Å². The molecule has 0 spiro atoms. The van der Waals surface area contributed by atoms with Crippen molar-refractivity contribution in [1.82, 2.24) is 5.32 Å². The number of rotatable bonds is 7. The molecule has 0 aliphatic heterocycles. The van der Waals surface area contributed by atoms with Crippen molar-refractivity contribution in [2.75, 3.05) is 6.54 Å². The monoisotopic (exact) mass is 297 g/mol. The second-order valence-corrected chi connectivity index (χ2v) is 5.13. The van der Waals surface area contributed by atoms with Gasteiger partial charge in [0, 0.05) is 6.54 Å². The Bertz CT molecular complexity index is 520. The predicted octanol–water partition coefficient (Wildman–Crippen LogP) is 2.21. The van der Waals surface area contributed by atoms with Crippen molar-refractivity contribution in [2.45, 2.75) is 33.3 Å². The molecule has 5 nitrogen and oxygen atoms in total. The summed E-state index contributed by atoms with van der Waals surface area (Å²) < 4.78 is 18.6. The predicted molar refractivity (Wildman–Crippen MR) is 75.5 cm³/mol. The maximum Gasteiger partial charge on any atom is 0.311 e. The van der Waals surface area contributed by atoms with Crippen LogP contribution in [0.15, 0.2) is 24.3 Å². The number of hydrogen-bond acceptors (Lipinski definition) is 3. The molecule has 0 aliphatic carbocycles. The van der Waals surface area contributed by atoms with Gasteiger partial charge in [0.2, 0.25) is 0 Å². The van der Waals surface area contributed by atoms with Gasteiger partial charge in [-0.15, -0.1) is 0 Å². The number of carboxylic acid groups (broad SMARTS) is 1. The van der Waals surface area contributed by atoms with Gasteiger partial charge in [-0.25, -0.2) is 4.39 Å². The standard InChI is InChI=1S/C15H20FNO4/c1-4-15(3,14(19)20)9-17-13(18)10(2)21-12-8-6-5-7-11(12)16/h5-8,10H,4,9H2,1-3H3,(H,17,18)(H,19,20). The van der Waals surface area contributed by atoms with E-state index in [4.69, 9.17) is 9.84 Å². The molecule has 0 saturated carbocycles. The summed E-state index contributed by atoms with van der Waals surface area (Å²) in [7, 11) is 0. The summed E-state index contributed by atoms with van der Waals surface area (Å²) in [6.07, 6.45) is -0.540. The van der Waals surface area contributed by atoms with E-state index in [9.17, 15) is 14.0 Å². The molecule has 6 heteroatoms. The lowest BCUT2D eigenvalue weighted by Crippen LogP contribution is -2.44. The van der Waals surface area contributed by atoms with Crippen molar-refractivity contribution in [3.63, 3.8) is 0 Å². The molecule has 0 saturated heterocycles. The third-order valence-corrected chi connectivity index (χ3v) is 3.46. The fraction of sp³-hybridized carbons (Fsp3) is 0.467. The first-order valence-corrected chi connectivity index (χ1v) is 6.72. The quantitative estimate of drug-likeness (QED) is 0.809. The number of halogens is 1. The van der Waals surface area contributed by atoms with Gasteiger partial charge in [0.15, 0.2) is 17.7 Å². The van der Waals surface area contributed by atoms with E-state index in [1.54, 1.807) is 19.9 Å². The lowest BCUT2D eigenvalue weighted by atomic mass is 9.87. The Morgan fingerprint density at radius 3 is 2.57 bits per heavy atom. The number of carbonyl (C=O) groups excluding carboxylic acids is 1. The molecule has 0 bridgehead atoms. The molecule has 0 aliphatic rings. The van der Waals surface area contributed by atoms with Gasteiger partial charge in [-0.05, 0) is 32.4 Å². The van der Waals surface area contributed by atoms with Crippen molar-refractivity contribution in [1.29, 1.82) is 0 Å². The maximum absolute atomic E-state index is 13.4. The highest BCUT2D eigenvalue weighted by Crippen LogP contribution is 2.20. The van der Waals surface area contributed by atoms with Gasteiger partial charge in [0.1, 0.15) is 0 Å². The Balaban J connectivity index is 2.60. The number of aliphatic carboxylic acids is 1. The minimum atomic E-state index is -1.03. The summed E-state index contributed by atoms with van der Waals surface area (Å²) in [6.45, 7) is 4.76. The number of hydrogen-bond donors (Lipinski definition) is 2. The minimum absolute atomic E-state index is 0.0113. The molecule has 0 fully saturated rings. The molecule has 21 heavy (non-hydrogen) atoms. The second kappa shape index (κ2) is 7.06. The van der Waals surface area contributed by atoms with E-state index in [0.29, 0.717) is 6.42 Å². The van der Waals surface area contributed by atoms with Crippen LogP contribution in [-0.4, -0.2) is 29.6 Å². The fourth-order valence-corrected chi connectivity index (χ4v) is 1.56. The molecule has 2 N–H and O–H groups in total. The van der Waals surface area contributed by atoms with Crippen LogP contribution in [0.25, 0.3) is 0 Å². The average Bonchev–Trinajstić information content (AvgIpc) is 2.46. The smallest absolute Gasteiger partial charge is 0.311 e. The van der Waals surface area contributed by atoms with Crippen molar-refractivity contribution < 1.29 is 23.8 Å². The Morgan fingerprint density at radius 1 is 1.43 bits per heavy atom. The molecule has 1 aromatic carbocycles. The number of amides is 1. The number of nitrogens with one attached hydrogen (secondary N) is 1. The zero-order valence-electron chi connectivity index (χ0n) is 12.4. The third kappa shape index (κ3) is 4.44. The topological polar surface area (TPSA) is 75.6 Å². The Labute approximate surface area is 123 Å². The number of para-hydroxylation sites is 1. The summed E-state index contributed by atoms with van der Waals surface area (Å²) in [5.74, 6) is -2.04. The van der Waals surface area contributed by atoms with Gasteiger partial charge in [-0.1, -0.05) is 19.1 Å². The molecule has 0 radical (unpaired) electrons. The van der Waals surface area contributed by atoms with Crippen molar-refractivity contribution in [3.05, 3.63) is 30.1 Å². The van der Waals surface area contributed by atoms with Crippen LogP contribution in [0.2, 0.25) is 0 Å². The fourth-order valence-electron chi connectivity index (χ4n) is 1.56. The molecule has 0 aromatic heterocycles. The summed E-state index contributed by atoms with van der Waals surface area (Å²) in [5.41, 5.74) is -1.03. The van der Waals surface area contributed by atoms with Crippen LogP contribution in [0.3, 0.4) is 0 Å². The second-order valence-electron chi connectivity index (χ2n) is 5.13. The molecular weight excluding hydrogens is 277 g/mol. The zero-order valence-corrected chi connectivity index (χ0v) is 12.4. The summed E-state index contributed by atoms with van der Waals surface area (Å²) in [5, 5.41) is 11.7. The van der Waals surface area contributed by atoms with E-state index in [2.05, 4.69) is 5.32 Å². The SMILES string of the molecule is CCC(C)(CNC(=O)C(C)Oc1ccccc1F)C(=O)O. The minimum Gasteiger partial charge on any atom is -0.481 e. The van der Waals surface area contributed by atoms with Gasteiger partial charge in [0.25, 0.3) is 5.91 Å². The number of carbonyl (C=O) groups is 2. The third-order valence-electron chi connectivity index (χ3n) is 3.46. The molecular formula is C15H20FNO4. The van der Waals surface area contributed by atoms with E-state index in [1.165, 1.54) is 25.1 Å². The Hall–Kier alpha value is -2.11. The van der Waals surface area contributed by atoms with Crippen molar-refractivity contribution >= 4 is 11.9 Å². The van der Waals surface area contributed by atoms with Crippen molar-refractivity contribution in [3.8, 4) is 5.75 Å². The van der Waals surface area contributed by atoms with Crippen LogP contribution in [0, 0.1) is 11.2 Å². The van der Waals surface area contributed by atoms with Crippen LogP contribution in [0.5, 0.6) is 5.75 Å². The van der Waals surface area contributed by atoms with E-state index >= 15 is 0 Å². The van der Waals surface area contributed by atoms with Crippen LogP contribution < -0.4 is 10.1 Å². The molecule has 2 atom stereocenters. The number of benzene rings is 1. The highest BCUT2D eigenvalue weighted by atomic mass is 19.1. The first kappa shape index (κ1) is 16.9. The van der Waals surface area contributed by atoms with Crippen LogP contribution in [0.4, 0.5) is 4.39 Å². The average molecular weight is 297 g/mol. The molecule has 1 aromatic rings. The summed E-state index contributed by atoms with van der Waals surface area (Å²) in [4.78, 5) is 23.0. The summed E-state index contributed by atoms with van der Waals surface area (Å²) >= 11 is 0. The highest BCUT2D eigenvalue weighted by molar-refractivity contribution is 5.82. The Kier molecular flexibility index (Phi) is 5.69. The lowest BCUT2D eigenvalue weighted by Gasteiger charge is -2.24. The molecule has 116 valence electrons. The number of carboxylic acids is 1. The van der Waals surface area contributed by atoms with Gasteiger partial charge >= 0.3 is 5.97 Å². The zero-order chi connectivity index (χ0) is 16.0. The largest absolute Gasteiger partial charge is 0.481 e. The number of ether oxygens (including phenoxy) is 1. The highest BCUT2D eigenvalue weighted by Gasteiger charge is 2.32. The van der Waals surface area contributed by atoms with Crippen LogP contribution in [-0.2, 0) is 9.59 Å². The molecule has 0 heterocycles. The lowest BCUT2D eigenvalue weighted by molar-refractivity contribution is -0.148. The molecule has 1 rings (SSSR count). The van der Waals surface area contributed by atoms with E-state index in [1.807, 2.05) is 0 Å². The van der Waals surface area contributed by atoms with Crippen molar-refractivity contribution in [2.24, 2.45) is 5.41 Å². The van der Waals surface area contributed by atoms with Crippen LogP contribution in [0.1, 0.15) is 27.2 Å². The first-order chi connectivity index (χ1) is 9.80. The van der Waals surface area contributed by atoms with Gasteiger partial charge < -0.3 is 15.2 Å². The Morgan fingerprint density at radius 2 is 2.05 bits per heavy atom. The molecule has 1 amide bonds.